The molecule has 6 nitrogen and oxygen atoms in total. The van der Waals surface area contributed by atoms with E-state index in [0.29, 0.717) is 29.3 Å². The van der Waals surface area contributed by atoms with Gasteiger partial charge in [-0.15, -0.1) is 0 Å². The zero-order chi connectivity index (χ0) is 17.6. The number of nitrogens with zero attached hydrogens (tertiary/aromatic N) is 1. The van der Waals surface area contributed by atoms with Gasteiger partial charge in [-0.25, -0.2) is 0 Å². The number of hydrogen-bond donors (Lipinski definition) is 2. The fraction of sp³-hybridized carbons (Fsp3) is 0.316. The van der Waals surface area contributed by atoms with Crippen molar-refractivity contribution in [2.24, 2.45) is 11.7 Å². The maximum Gasteiger partial charge on any atom is 0.251 e. The summed E-state index contributed by atoms with van der Waals surface area (Å²) in [6, 6.07) is 10.6. The number of ether oxygens (including phenoxy) is 1. The second-order valence-corrected chi connectivity index (χ2v) is 6.14. The first-order valence-electron chi connectivity index (χ1n) is 8.36. The monoisotopic (exact) mass is 339 g/mol. The van der Waals surface area contributed by atoms with Crippen LogP contribution in [0.2, 0.25) is 0 Å². The number of nitrogens with one attached hydrogen (secondary N) is 1. The number of benzene rings is 1. The predicted molar refractivity (Wildman–Crippen MR) is 94.1 cm³/mol. The molecular formula is C19H21N3O3. The Bertz CT molecular complexity index is 753. The van der Waals surface area contributed by atoms with E-state index in [1.54, 1.807) is 24.3 Å². The van der Waals surface area contributed by atoms with Gasteiger partial charge in [-0.05, 0) is 43.0 Å². The highest BCUT2D eigenvalue weighted by Gasteiger charge is 2.15. The van der Waals surface area contributed by atoms with Crippen LogP contribution in [0.3, 0.4) is 0 Å². The molecule has 1 aliphatic rings. The molecule has 1 saturated heterocycles. The SMILES string of the molecule is NC(=O)c1ccc(-c2cccc(C(=O)NCC3CCOCC3)c2)nc1. The van der Waals surface area contributed by atoms with Gasteiger partial charge in [-0.1, -0.05) is 12.1 Å². The maximum atomic E-state index is 12.4. The molecule has 0 atom stereocenters. The fourth-order valence-corrected chi connectivity index (χ4v) is 2.82. The van der Waals surface area contributed by atoms with Gasteiger partial charge < -0.3 is 15.8 Å². The van der Waals surface area contributed by atoms with Gasteiger partial charge in [-0.2, -0.15) is 0 Å². The summed E-state index contributed by atoms with van der Waals surface area (Å²) >= 11 is 0. The summed E-state index contributed by atoms with van der Waals surface area (Å²) in [4.78, 5) is 27.7. The van der Waals surface area contributed by atoms with Crippen LogP contribution in [0.4, 0.5) is 0 Å². The normalized spacial score (nSPS) is 14.9. The second-order valence-electron chi connectivity index (χ2n) is 6.14. The van der Waals surface area contributed by atoms with E-state index in [0.717, 1.165) is 31.6 Å². The van der Waals surface area contributed by atoms with Crippen molar-refractivity contribution in [2.75, 3.05) is 19.8 Å². The van der Waals surface area contributed by atoms with Gasteiger partial charge >= 0.3 is 0 Å². The van der Waals surface area contributed by atoms with Crippen molar-refractivity contribution < 1.29 is 14.3 Å². The Kier molecular flexibility index (Phi) is 5.40. The van der Waals surface area contributed by atoms with Crippen molar-refractivity contribution in [1.82, 2.24) is 10.3 Å². The first kappa shape index (κ1) is 17.1. The molecular weight excluding hydrogens is 318 g/mol. The highest BCUT2D eigenvalue weighted by atomic mass is 16.5. The lowest BCUT2D eigenvalue weighted by atomic mass is 10.00. The number of pyridine rings is 1. The van der Waals surface area contributed by atoms with E-state index in [-0.39, 0.29) is 5.91 Å². The molecule has 0 saturated carbocycles. The van der Waals surface area contributed by atoms with Crippen LogP contribution in [0.1, 0.15) is 33.6 Å². The van der Waals surface area contributed by atoms with Crippen LogP contribution in [0, 0.1) is 5.92 Å². The minimum atomic E-state index is -0.514. The van der Waals surface area contributed by atoms with Crippen LogP contribution >= 0.6 is 0 Å². The molecule has 6 heteroatoms. The van der Waals surface area contributed by atoms with Gasteiger partial charge in [0.25, 0.3) is 5.91 Å². The zero-order valence-electron chi connectivity index (χ0n) is 13.9. The molecule has 0 spiro atoms. The van der Waals surface area contributed by atoms with E-state index in [2.05, 4.69) is 10.3 Å². The van der Waals surface area contributed by atoms with Gasteiger partial charge in [0, 0.05) is 37.1 Å². The molecule has 3 rings (SSSR count). The largest absolute Gasteiger partial charge is 0.381 e. The number of amides is 2. The summed E-state index contributed by atoms with van der Waals surface area (Å²) in [6.07, 6.45) is 3.41. The van der Waals surface area contributed by atoms with Gasteiger partial charge in [0.15, 0.2) is 0 Å². The van der Waals surface area contributed by atoms with Crippen molar-refractivity contribution in [1.29, 1.82) is 0 Å². The number of aromatic nitrogens is 1. The van der Waals surface area contributed by atoms with E-state index in [1.807, 2.05) is 12.1 Å². The van der Waals surface area contributed by atoms with Crippen LogP contribution < -0.4 is 11.1 Å². The molecule has 2 heterocycles. The van der Waals surface area contributed by atoms with Crippen molar-refractivity contribution in [2.45, 2.75) is 12.8 Å². The summed E-state index contributed by atoms with van der Waals surface area (Å²) in [5.74, 6) is -0.133. The van der Waals surface area contributed by atoms with Crippen molar-refractivity contribution in [3.63, 3.8) is 0 Å². The van der Waals surface area contributed by atoms with E-state index in [9.17, 15) is 9.59 Å². The number of nitrogens with two attached hydrogens (primary N) is 1. The highest BCUT2D eigenvalue weighted by Crippen LogP contribution is 2.19. The molecule has 25 heavy (non-hydrogen) atoms. The van der Waals surface area contributed by atoms with Crippen LogP contribution in [0.5, 0.6) is 0 Å². The Labute approximate surface area is 146 Å². The maximum absolute atomic E-state index is 12.4. The lowest BCUT2D eigenvalue weighted by Crippen LogP contribution is -2.32. The van der Waals surface area contributed by atoms with E-state index < -0.39 is 5.91 Å². The average Bonchev–Trinajstić information content (AvgIpc) is 2.67. The number of carbonyl (C=O) groups is 2. The summed E-state index contributed by atoms with van der Waals surface area (Å²) < 4.78 is 5.33. The van der Waals surface area contributed by atoms with E-state index in [4.69, 9.17) is 10.5 Å². The second kappa shape index (κ2) is 7.90. The number of rotatable bonds is 5. The van der Waals surface area contributed by atoms with Crippen molar-refractivity contribution in [3.05, 3.63) is 53.7 Å². The van der Waals surface area contributed by atoms with Gasteiger partial charge in [0.1, 0.15) is 0 Å². The quantitative estimate of drug-likeness (QED) is 0.871. The third-order valence-corrected chi connectivity index (χ3v) is 4.36. The predicted octanol–water partition coefficient (Wildman–Crippen LogP) is 2.00. The molecule has 1 aromatic carbocycles. The zero-order valence-corrected chi connectivity index (χ0v) is 13.9. The molecule has 130 valence electrons. The summed E-state index contributed by atoms with van der Waals surface area (Å²) in [5.41, 5.74) is 7.66. The first-order chi connectivity index (χ1) is 12.1. The number of carbonyl (C=O) groups excluding carboxylic acids is 2. The van der Waals surface area contributed by atoms with Gasteiger partial charge in [0.05, 0.1) is 11.3 Å². The van der Waals surface area contributed by atoms with E-state index >= 15 is 0 Å². The highest BCUT2D eigenvalue weighted by molar-refractivity contribution is 5.95. The molecule has 0 radical (unpaired) electrons. The lowest BCUT2D eigenvalue weighted by Gasteiger charge is -2.22. The van der Waals surface area contributed by atoms with Crippen LogP contribution in [-0.2, 0) is 4.74 Å². The smallest absolute Gasteiger partial charge is 0.251 e. The summed E-state index contributed by atoms with van der Waals surface area (Å²) in [7, 11) is 0. The topological polar surface area (TPSA) is 94.3 Å². The Morgan fingerprint density at radius 2 is 1.96 bits per heavy atom. The molecule has 0 bridgehead atoms. The summed E-state index contributed by atoms with van der Waals surface area (Å²) in [6.45, 7) is 2.20. The van der Waals surface area contributed by atoms with Crippen LogP contribution in [0.25, 0.3) is 11.3 Å². The Hall–Kier alpha value is -2.73. The van der Waals surface area contributed by atoms with Crippen LogP contribution in [-0.4, -0.2) is 36.6 Å². The summed E-state index contributed by atoms with van der Waals surface area (Å²) in [5, 5.41) is 3.00. The minimum Gasteiger partial charge on any atom is -0.381 e. The minimum absolute atomic E-state index is 0.0953. The molecule has 1 aromatic heterocycles. The standard InChI is InChI=1S/C19H21N3O3/c20-18(23)16-4-5-17(21-12-16)14-2-1-3-15(10-14)19(24)22-11-13-6-8-25-9-7-13/h1-5,10,12-13H,6-9,11H2,(H2,20,23)(H,22,24). The molecule has 3 N–H and O–H groups in total. The van der Waals surface area contributed by atoms with E-state index in [1.165, 1.54) is 6.20 Å². The Morgan fingerprint density at radius 1 is 1.16 bits per heavy atom. The van der Waals surface area contributed by atoms with Crippen molar-refractivity contribution in [3.8, 4) is 11.3 Å². The Morgan fingerprint density at radius 3 is 2.64 bits per heavy atom. The molecule has 2 aromatic rings. The molecule has 0 aliphatic carbocycles. The Balaban J connectivity index is 1.67. The number of hydrogen-bond acceptors (Lipinski definition) is 4. The lowest BCUT2D eigenvalue weighted by molar-refractivity contribution is 0.0642. The molecule has 0 unspecified atom stereocenters. The number of primary amides is 1. The van der Waals surface area contributed by atoms with Gasteiger partial charge in [-0.3, -0.25) is 14.6 Å². The third kappa shape index (κ3) is 4.42. The first-order valence-corrected chi connectivity index (χ1v) is 8.36. The van der Waals surface area contributed by atoms with Gasteiger partial charge in [0.2, 0.25) is 5.91 Å². The fourth-order valence-electron chi connectivity index (χ4n) is 2.82. The molecule has 1 fully saturated rings. The molecule has 1 aliphatic heterocycles. The average molecular weight is 339 g/mol. The molecule has 2 amide bonds. The van der Waals surface area contributed by atoms with Crippen LogP contribution in [0.15, 0.2) is 42.6 Å². The third-order valence-electron chi connectivity index (χ3n) is 4.36. The van der Waals surface area contributed by atoms with Crippen molar-refractivity contribution >= 4 is 11.8 Å².